The number of nitrogens with one attached hydrogen (secondary N) is 2. The lowest BCUT2D eigenvalue weighted by atomic mass is 10.1. The highest BCUT2D eigenvalue weighted by atomic mass is 16.4. The van der Waals surface area contributed by atoms with E-state index in [0.29, 0.717) is 23.5 Å². The van der Waals surface area contributed by atoms with Gasteiger partial charge in [0.05, 0.1) is 12.2 Å². The van der Waals surface area contributed by atoms with E-state index in [1.165, 1.54) is 5.56 Å². The molecule has 0 bridgehead atoms. The average molecular weight is 344 g/mol. The highest BCUT2D eigenvalue weighted by molar-refractivity contribution is 5.86. The molecule has 7 heteroatoms. The number of aryl methyl sites for hydroxylation is 3. The Balaban J connectivity index is 1.99. The summed E-state index contributed by atoms with van der Waals surface area (Å²) in [4.78, 5) is 25.7. The molecule has 0 spiro atoms. The number of carboxylic acids is 1. The standard InChI is InChI=1S/C18H24N4O3/c1-11-5-7-14(8-6-11)9-22(4)10-15(23)19-17(18(24)25)16-12(2)20-21-13(16)3/h5-8,17H,9-10H2,1-4H3,(H,19,23)(H,20,21)(H,24,25). The van der Waals surface area contributed by atoms with E-state index >= 15 is 0 Å². The fourth-order valence-corrected chi connectivity index (χ4v) is 2.76. The van der Waals surface area contributed by atoms with Gasteiger partial charge in [0.15, 0.2) is 6.04 Å². The van der Waals surface area contributed by atoms with Crippen molar-refractivity contribution in [2.45, 2.75) is 33.4 Å². The van der Waals surface area contributed by atoms with E-state index in [1.807, 2.05) is 43.1 Å². The van der Waals surface area contributed by atoms with E-state index in [1.54, 1.807) is 13.8 Å². The largest absolute Gasteiger partial charge is 0.479 e. The zero-order valence-electron chi connectivity index (χ0n) is 15.0. The molecule has 0 fully saturated rings. The monoisotopic (exact) mass is 344 g/mol. The van der Waals surface area contributed by atoms with E-state index in [2.05, 4.69) is 15.5 Å². The second-order valence-electron chi connectivity index (χ2n) is 6.34. The number of nitrogens with zero attached hydrogens (tertiary/aromatic N) is 2. The maximum Gasteiger partial charge on any atom is 0.331 e. The minimum Gasteiger partial charge on any atom is -0.479 e. The number of carbonyl (C=O) groups excluding carboxylic acids is 1. The molecule has 0 radical (unpaired) electrons. The Kier molecular flexibility index (Phi) is 5.93. The lowest BCUT2D eigenvalue weighted by molar-refractivity contribution is -0.142. The molecule has 1 amide bonds. The van der Waals surface area contributed by atoms with Gasteiger partial charge >= 0.3 is 5.97 Å². The van der Waals surface area contributed by atoms with Crippen LogP contribution < -0.4 is 5.32 Å². The summed E-state index contributed by atoms with van der Waals surface area (Å²) in [6, 6.07) is 6.96. The molecule has 25 heavy (non-hydrogen) atoms. The summed E-state index contributed by atoms with van der Waals surface area (Å²) in [6.07, 6.45) is 0. The Morgan fingerprint density at radius 2 is 1.88 bits per heavy atom. The van der Waals surface area contributed by atoms with Crippen LogP contribution in [0.15, 0.2) is 24.3 Å². The first-order valence-corrected chi connectivity index (χ1v) is 8.05. The molecule has 1 aromatic heterocycles. The smallest absolute Gasteiger partial charge is 0.331 e. The van der Waals surface area contributed by atoms with Crippen molar-refractivity contribution in [3.05, 3.63) is 52.3 Å². The summed E-state index contributed by atoms with van der Waals surface area (Å²) in [5, 5.41) is 18.8. The summed E-state index contributed by atoms with van der Waals surface area (Å²) < 4.78 is 0. The number of aliphatic carboxylic acids is 1. The third kappa shape index (κ3) is 4.90. The zero-order valence-corrected chi connectivity index (χ0v) is 15.0. The topological polar surface area (TPSA) is 98.3 Å². The number of aromatic amines is 1. The molecule has 7 nitrogen and oxygen atoms in total. The Morgan fingerprint density at radius 3 is 2.40 bits per heavy atom. The first-order valence-electron chi connectivity index (χ1n) is 8.05. The van der Waals surface area contributed by atoms with Gasteiger partial charge in [-0.15, -0.1) is 0 Å². The van der Waals surface area contributed by atoms with Crippen LogP contribution >= 0.6 is 0 Å². The summed E-state index contributed by atoms with van der Waals surface area (Å²) >= 11 is 0. The van der Waals surface area contributed by atoms with Gasteiger partial charge in [-0.05, 0) is 33.4 Å². The summed E-state index contributed by atoms with van der Waals surface area (Å²) in [5.74, 6) is -1.45. The van der Waals surface area contributed by atoms with Crippen molar-refractivity contribution >= 4 is 11.9 Å². The highest BCUT2D eigenvalue weighted by Gasteiger charge is 2.27. The lowest BCUT2D eigenvalue weighted by Crippen LogP contribution is -2.40. The third-order valence-corrected chi connectivity index (χ3v) is 4.01. The van der Waals surface area contributed by atoms with Gasteiger partial charge in [0.1, 0.15) is 0 Å². The summed E-state index contributed by atoms with van der Waals surface area (Å²) in [7, 11) is 1.82. The number of carbonyl (C=O) groups is 2. The molecule has 0 saturated heterocycles. The van der Waals surface area contributed by atoms with Crippen LogP contribution in [0, 0.1) is 20.8 Å². The molecule has 2 rings (SSSR count). The molecule has 1 unspecified atom stereocenters. The highest BCUT2D eigenvalue weighted by Crippen LogP contribution is 2.20. The average Bonchev–Trinajstić information content (AvgIpc) is 2.86. The van der Waals surface area contributed by atoms with Crippen molar-refractivity contribution in [1.82, 2.24) is 20.4 Å². The van der Waals surface area contributed by atoms with E-state index < -0.39 is 12.0 Å². The van der Waals surface area contributed by atoms with Gasteiger partial charge < -0.3 is 10.4 Å². The van der Waals surface area contributed by atoms with E-state index in [9.17, 15) is 14.7 Å². The molecule has 1 aromatic carbocycles. The van der Waals surface area contributed by atoms with Gasteiger partial charge in [0.25, 0.3) is 0 Å². The molecule has 0 aliphatic heterocycles. The first kappa shape index (κ1) is 18.7. The summed E-state index contributed by atoms with van der Waals surface area (Å²) in [5.41, 5.74) is 3.98. The van der Waals surface area contributed by atoms with Gasteiger partial charge in [-0.3, -0.25) is 14.8 Å². The van der Waals surface area contributed by atoms with Crippen molar-refractivity contribution in [3.8, 4) is 0 Å². The number of hydrogen-bond acceptors (Lipinski definition) is 4. The number of amides is 1. The number of carboxylic acid groups (broad SMARTS) is 1. The number of likely N-dealkylation sites (N-methyl/N-ethyl adjacent to an activating group) is 1. The second-order valence-corrected chi connectivity index (χ2v) is 6.34. The van der Waals surface area contributed by atoms with Crippen molar-refractivity contribution in [1.29, 1.82) is 0 Å². The van der Waals surface area contributed by atoms with Crippen LogP contribution in [0.4, 0.5) is 0 Å². The fraction of sp³-hybridized carbons (Fsp3) is 0.389. The van der Waals surface area contributed by atoms with E-state index in [0.717, 1.165) is 5.56 Å². The normalized spacial score (nSPS) is 12.2. The van der Waals surface area contributed by atoms with E-state index in [-0.39, 0.29) is 12.5 Å². The molecular formula is C18H24N4O3. The Hall–Kier alpha value is -2.67. The number of benzene rings is 1. The minimum atomic E-state index is -1.11. The Labute approximate surface area is 147 Å². The molecule has 1 heterocycles. The zero-order chi connectivity index (χ0) is 18.6. The van der Waals surface area contributed by atoms with E-state index in [4.69, 9.17) is 0 Å². The van der Waals surface area contributed by atoms with Gasteiger partial charge in [-0.2, -0.15) is 5.10 Å². The molecule has 1 atom stereocenters. The van der Waals surface area contributed by atoms with Crippen LogP contribution in [0.2, 0.25) is 0 Å². The third-order valence-electron chi connectivity index (χ3n) is 4.01. The second kappa shape index (κ2) is 7.94. The predicted molar refractivity (Wildman–Crippen MR) is 94.1 cm³/mol. The van der Waals surface area contributed by atoms with Crippen molar-refractivity contribution in [3.63, 3.8) is 0 Å². The van der Waals surface area contributed by atoms with Gasteiger partial charge in [0, 0.05) is 17.8 Å². The van der Waals surface area contributed by atoms with Crippen molar-refractivity contribution in [2.75, 3.05) is 13.6 Å². The van der Waals surface area contributed by atoms with Gasteiger partial charge in [-0.1, -0.05) is 29.8 Å². The van der Waals surface area contributed by atoms with Crippen LogP contribution in [-0.2, 0) is 16.1 Å². The summed E-state index contributed by atoms with van der Waals surface area (Å²) in [6.45, 7) is 6.18. The quantitative estimate of drug-likeness (QED) is 0.710. The van der Waals surface area contributed by atoms with Crippen LogP contribution in [0.1, 0.15) is 34.1 Å². The Bertz CT molecular complexity index is 733. The molecule has 0 aliphatic carbocycles. The van der Waals surface area contributed by atoms with Crippen molar-refractivity contribution in [2.24, 2.45) is 0 Å². The molecule has 2 aromatic rings. The molecule has 3 N–H and O–H groups in total. The number of H-pyrrole nitrogens is 1. The Morgan fingerprint density at radius 1 is 1.24 bits per heavy atom. The number of hydrogen-bond donors (Lipinski definition) is 3. The lowest BCUT2D eigenvalue weighted by Gasteiger charge is -2.19. The van der Waals surface area contributed by atoms with Crippen LogP contribution in [0.5, 0.6) is 0 Å². The minimum absolute atomic E-state index is 0.105. The SMILES string of the molecule is Cc1ccc(CN(C)CC(=O)NC(C(=O)O)c2c(C)n[nH]c2C)cc1. The maximum atomic E-state index is 12.3. The molecule has 0 saturated carbocycles. The number of rotatable bonds is 7. The van der Waals surface area contributed by atoms with Crippen LogP contribution in [-0.4, -0.2) is 45.7 Å². The molecule has 0 aliphatic rings. The molecular weight excluding hydrogens is 320 g/mol. The van der Waals surface area contributed by atoms with Gasteiger partial charge in [0.2, 0.25) is 5.91 Å². The molecule has 134 valence electrons. The maximum absolute atomic E-state index is 12.3. The van der Waals surface area contributed by atoms with Gasteiger partial charge in [-0.25, -0.2) is 4.79 Å². The first-order chi connectivity index (χ1) is 11.8. The number of aromatic nitrogens is 2. The fourth-order valence-electron chi connectivity index (χ4n) is 2.76. The van der Waals surface area contributed by atoms with Crippen LogP contribution in [0.25, 0.3) is 0 Å². The predicted octanol–water partition coefficient (Wildman–Crippen LogP) is 1.71. The van der Waals surface area contributed by atoms with Crippen LogP contribution in [0.3, 0.4) is 0 Å². The van der Waals surface area contributed by atoms with Crippen molar-refractivity contribution < 1.29 is 14.7 Å².